The summed E-state index contributed by atoms with van der Waals surface area (Å²) in [6.45, 7) is 7.00. The molecular weight excluding hydrogens is 416 g/mol. The first-order valence-corrected chi connectivity index (χ1v) is 11.3. The van der Waals surface area contributed by atoms with Crippen molar-refractivity contribution in [2.75, 3.05) is 32.8 Å². The lowest BCUT2D eigenvalue weighted by atomic mass is 10.1. The minimum atomic E-state index is -0.0413. The summed E-state index contributed by atoms with van der Waals surface area (Å²) in [7, 11) is 0. The first-order valence-electron chi connectivity index (χ1n) is 11.3. The number of hydrogen-bond donors (Lipinski definition) is 0. The largest absolute Gasteiger partial charge is 0.492 e. The maximum absolute atomic E-state index is 13.2. The fourth-order valence-corrected chi connectivity index (χ4v) is 4.09. The third-order valence-corrected chi connectivity index (χ3v) is 5.86. The highest BCUT2D eigenvalue weighted by atomic mass is 16.5. The maximum atomic E-state index is 13.2. The van der Waals surface area contributed by atoms with E-state index in [2.05, 4.69) is 5.10 Å². The van der Waals surface area contributed by atoms with Gasteiger partial charge in [0.25, 0.3) is 5.91 Å². The minimum absolute atomic E-state index is 0.0413. The van der Waals surface area contributed by atoms with E-state index in [1.54, 1.807) is 9.80 Å². The zero-order valence-corrected chi connectivity index (χ0v) is 19.2. The van der Waals surface area contributed by atoms with E-state index in [1.807, 2.05) is 79.2 Å². The third kappa shape index (κ3) is 5.80. The zero-order valence-electron chi connectivity index (χ0n) is 19.2. The van der Waals surface area contributed by atoms with Gasteiger partial charge in [0, 0.05) is 37.3 Å². The Kier molecular flexibility index (Phi) is 7.07. The van der Waals surface area contributed by atoms with Gasteiger partial charge in [-0.3, -0.25) is 14.3 Å². The van der Waals surface area contributed by atoms with E-state index in [4.69, 9.17) is 4.74 Å². The van der Waals surface area contributed by atoms with Gasteiger partial charge in [-0.1, -0.05) is 30.3 Å². The second kappa shape index (κ2) is 10.3. The van der Waals surface area contributed by atoms with Gasteiger partial charge < -0.3 is 14.5 Å². The van der Waals surface area contributed by atoms with E-state index in [-0.39, 0.29) is 11.8 Å². The molecule has 2 aromatic carbocycles. The van der Waals surface area contributed by atoms with Gasteiger partial charge in [-0.05, 0) is 49.7 Å². The Balaban J connectivity index is 1.35. The molecule has 7 nitrogen and oxygen atoms in total. The number of benzene rings is 2. The van der Waals surface area contributed by atoms with Crippen molar-refractivity contribution in [1.29, 1.82) is 0 Å². The Hall–Kier alpha value is -3.61. The summed E-state index contributed by atoms with van der Waals surface area (Å²) in [5.41, 5.74) is 3.74. The lowest BCUT2D eigenvalue weighted by Gasteiger charge is -2.22. The molecule has 2 heterocycles. The van der Waals surface area contributed by atoms with Crippen LogP contribution in [-0.4, -0.2) is 64.2 Å². The smallest absolute Gasteiger partial charge is 0.253 e. The molecule has 1 aliphatic rings. The number of amides is 2. The molecule has 0 atom stereocenters. The summed E-state index contributed by atoms with van der Waals surface area (Å²) >= 11 is 0. The van der Waals surface area contributed by atoms with E-state index in [0.717, 1.165) is 22.7 Å². The number of ether oxygens (including phenoxy) is 1. The number of hydrogen-bond acceptors (Lipinski definition) is 4. The van der Waals surface area contributed by atoms with E-state index in [0.29, 0.717) is 51.3 Å². The van der Waals surface area contributed by atoms with Crippen LogP contribution < -0.4 is 4.74 Å². The predicted molar refractivity (Wildman–Crippen MR) is 126 cm³/mol. The van der Waals surface area contributed by atoms with Crippen LogP contribution in [0.25, 0.3) is 0 Å². The van der Waals surface area contributed by atoms with Crippen LogP contribution in [0.1, 0.15) is 33.7 Å². The van der Waals surface area contributed by atoms with Gasteiger partial charge in [0.05, 0.1) is 18.8 Å². The molecule has 1 aromatic heterocycles. The van der Waals surface area contributed by atoms with Gasteiger partial charge in [-0.2, -0.15) is 5.10 Å². The van der Waals surface area contributed by atoms with Crippen molar-refractivity contribution in [3.05, 3.63) is 83.2 Å². The van der Waals surface area contributed by atoms with Crippen LogP contribution in [0, 0.1) is 13.8 Å². The second-order valence-corrected chi connectivity index (χ2v) is 8.37. The summed E-state index contributed by atoms with van der Waals surface area (Å²) in [5, 5.41) is 4.51. The Morgan fingerprint density at radius 1 is 1.00 bits per heavy atom. The quantitative estimate of drug-likeness (QED) is 0.559. The maximum Gasteiger partial charge on any atom is 0.253 e. The van der Waals surface area contributed by atoms with Crippen molar-refractivity contribution >= 4 is 11.8 Å². The molecule has 4 rings (SSSR count). The average molecular weight is 447 g/mol. The van der Waals surface area contributed by atoms with E-state index in [1.165, 1.54) is 0 Å². The Morgan fingerprint density at radius 2 is 1.82 bits per heavy atom. The molecule has 1 aliphatic heterocycles. The summed E-state index contributed by atoms with van der Waals surface area (Å²) < 4.78 is 7.68. The number of carbonyl (C=O) groups is 2. The monoisotopic (exact) mass is 446 g/mol. The van der Waals surface area contributed by atoms with Gasteiger partial charge in [-0.25, -0.2) is 0 Å². The summed E-state index contributed by atoms with van der Waals surface area (Å²) in [4.78, 5) is 29.3. The highest BCUT2D eigenvalue weighted by Crippen LogP contribution is 2.14. The number of carbonyl (C=O) groups excluding carboxylic acids is 2. The number of rotatable bonds is 7. The number of nitrogens with zero attached hydrogens (tertiary/aromatic N) is 4. The van der Waals surface area contributed by atoms with E-state index >= 15 is 0 Å². The molecule has 0 N–H and O–H groups in total. The lowest BCUT2D eigenvalue weighted by molar-refractivity contribution is -0.130. The van der Waals surface area contributed by atoms with Crippen molar-refractivity contribution in [2.24, 2.45) is 0 Å². The molecule has 0 aliphatic carbocycles. The van der Waals surface area contributed by atoms with Gasteiger partial charge in [0.1, 0.15) is 12.4 Å². The first kappa shape index (κ1) is 22.6. The highest BCUT2D eigenvalue weighted by Gasteiger charge is 2.24. The third-order valence-electron chi connectivity index (χ3n) is 5.86. The van der Waals surface area contributed by atoms with E-state index < -0.39 is 0 Å². The van der Waals surface area contributed by atoms with Crippen LogP contribution in [-0.2, 0) is 11.3 Å². The molecule has 0 saturated carbocycles. The van der Waals surface area contributed by atoms with Crippen LogP contribution in [0.2, 0.25) is 0 Å². The SMILES string of the molecule is Cc1cc(C)n(Cc2cccc(C(=O)N3CCC(=O)N(CCOc4ccccc4)CC3)c2)n1. The average Bonchev–Trinajstić information content (AvgIpc) is 3.02. The number of aryl methyl sites for hydroxylation is 2. The van der Waals surface area contributed by atoms with Crippen LogP contribution in [0.4, 0.5) is 0 Å². The van der Waals surface area contributed by atoms with Crippen LogP contribution in [0.3, 0.4) is 0 Å². The topological polar surface area (TPSA) is 67.7 Å². The molecule has 172 valence electrons. The molecule has 0 bridgehead atoms. The minimum Gasteiger partial charge on any atom is -0.492 e. The Morgan fingerprint density at radius 3 is 2.58 bits per heavy atom. The molecule has 0 unspecified atom stereocenters. The summed E-state index contributed by atoms with van der Waals surface area (Å²) in [5.74, 6) is 0.803. The molecule has 3 aromatic rings. The molecular formula is C26H30N4O3. The predicted octanol–water partition coefficient (Wildman–Crippen LogP) is 3.30. The van der Waals surface area contributed by atoms with Crippen LogP contribution in [0.15, 0.2) is 60.7 Å². The van der Waals surface area contributed by atoms with Crippen LogP contribution >= 0.6 is 0 Å². The van der Waals surface area contributed by atoms with Crippen molar-refractivity contribution in [3.63, 3.8) is 0 Å². The van der Waals surface area contributed by atoms with Crippen molar-refractivity contribution in [3.8, 4) is 5.75 Å². The van der Waals surface area contributed by atoms with Gasteiger partial charge in [-0.15, -0.1) is 0 Å². The lowest BCUT2D eigenvalue weighted by Crippen LogP contribution is -2.37. The van der Waals surface area contributed by atoms with Crippen LogP contribution in [0.5, 0.6) is 5.75 Å². The van der Waals surface area contributed by atoms with Crippen molar-refractivity contribution < 1.29 is 14.3 Å². The molecule has 2 amide bonds. The first-order chi connectivity index (χ1) is 16.0. The normalized spacial score (nSPS) is 14.3. The Labute approximate surface area is 194 Å². The molecule has 1 fully saturated rings. The van der Waals surface area contributed by atoms with Gasteiger partial charge in [0.15, 0.2) is 0 Å². The zero-order chi connectivity index (χ0) is 23.2. The highest BCUT2D eigenvalue weighted by molar-refractivity contribution is 5.95. The second-order valence-electron chi connectivity index (χ2n) is 8.37. The fraction of sp³-hybridized carbons (Fsp3) is 0.346. The standard InChI is InChI=1S/C26H30N4O3/c1-20-17-21(2)30(27-20)19-22-7-6-8-23(18-22)26(32)29-12-11-25(31)28(13-14-29)15-16-33-24-9-4-3-5-10-24/h3-10,17-18H,11-16,19H2,1-2H3. The number of para-hydroxylation sites is 1. The fourth-order valence-electron chi connectivity index (χ4n) is 4.09. The molecule has 0 spiro atoms. The molecule has 1 saturated heterocycles. The van der Waals surface area contributed by atoms with Crippen molar-refractivity contribution in [2.45, 2.75) is 26.8 Å². The summed E-state index contributed by atoms with van der Waals surface area (Å²) in [6.07, 6.45) is 0.322. The van der Waals surface area contributed by atoms with E-state index in [9.17, 15) is 9.59 Å². The van der Waals surface area contributed by atoms with Gasteiger partial charge >= 0.3 is 0 Å². The molecule has 33 heavy (non-hydrogen) atoms. The molecule has 7 heteroatoms. The molecule has 0 radical (unpaired) electrons. The van der Waals surface area contributed by atoms with Gasteiger partial charge in [0.2, 0.25) is 5.91 Å². The summed E-state index contributed by atoms with van der Waals surface area (Å²) in [6, 6.07) is 19.3. The van der Waals surface area contributed by atoms with Crippen molar-refractivity contribution in [1.82, 2.24) is 19.6 Å². The Bertz CT molecular complexity index is 1110. The number of aromatic nitrogens is 2.